The van der Waals surface area contributed by atoms with Crippen molar-refractivity contribution in [2.45, 2.75) is 38.6 Å². The maximum Gasteiger partial charge on any atom is 0.103 e. The summed E-state index contributed by atoms with van der Waals surface area (Å²) < 4.78 is 2.08. The minimum atomic E-state index is 0.665. The molecular formula is C17H25N3S. The van der Waals surface area contributed by atoms with Crippen LogP contribution < -0.4 is 5.73 Å². The Labute approximate surface area is 131 Å². The van der Waals surface area contributed by atoms with Gasteiger partial charge >= 0.3 is 0 Å². The Morgan fingerprint density at radius 2 is 2.00 bits per heavy atom. The van der Waals surface area contributed by atoms with E-state index in [1.165, 1.54) is 17.0 Å². The molecule has 1 heterocycles. The number of rotatable bonds is 7. The second-order valence-electron chi connectivity index (χ2n) is 5.48. The predicted molar refractivity (Wildman–Crippen MR) is 91.2 cm³/mol. The van der Waals surface area contributed by atoms with Gasteiger partial charge in [-0.15, -0.1) is 11.8 Å². The Morgan fingerprint density at radius 3 is 2.62 bits per heavy atom. The molecule has 0 radical (unpaired) electrons. The van der Waals surface area contributed by atoms with E-state index in [0.29, 0.717) is 12.5 Å². The van der Waals surface area contributed by atoms with Crippen molar-refractivity contribution >= 4 is 11.8 Å². The lowest BCUT2D eigenvalue weighted by molar-refractivity contribution is 0.635. The van der Waals surface area contributed by atoms with E-state index in [2.05, 4.69) is 49.7 Å². The normalized spacial score (nSPS) is 12.6. The smallest absolute Gasteiger partial charge is 0.103 e. The molecule has 1 aromatic carbocycles. The Balaban J connectivity index is 2.37. The molecule has 0 saturated heterocycles. The van der Waals surface area contributed by atoms with Crippen LogP contribution in [0.1, 0.15) is 31.5 Å². The first-order valence-corrected chi connectivity index (χ1v) is 8.62. The summed E-state index contributed by atoms with van der Waals surface area (Å²) in [5.41, 5.74) is 9.30. The molecule has 2 rings (SSSR count). The highest BCUT2D eigenvalue weighted by Gasteiger charge is 2.17. The summed E-state index contributed by atoms with van der Waals surface area (Å²) in [7, 11) is 0. The molecule has 2 aromatic rings. The Kier molecular flexibility index (Phi) is 5.88. The van der Waals surface area contributed by atoms with E-state index in [9.17, 15) is 0 Å². The number of hydrogen-bond acceptors (Lipinski definition) is 3. The van der Waals surface area contributed by atoms with Crippen LogP contribution in [0.15, 0.2) is 35.4 Å². The third-order valence-corrected chi connectivity index (χ3v) is 5.16. The first-order chi connectivity index (χ1) is 10.2. The van der Waals surface area contributed by atoms with E-state index in [0.717, 1.165) is 23.6 Å². The van der Waals surface area contributed by atoms with E-state index in [1.807, 2.05) is 17.8 Å². The molecule has 1 atom stereocenters. The van der Waals surface area contributed by atoms with Gasteiger partial charge in [0.15, 0.2) is 0 Å². The number of aromatic nitrogens is 2. The van der Waals surface area contributed by atoms with E-state index >= 15 is 0 Å². The fourth-order valence-electron chi connectivity index (χ4n) is 2.20. The largest absolute Gasteiger partial charge is 0.330 e. The Morgan fingerprint density at radius 1 is 1.29 bits per heavy atom. The summed E-state index contributed by atoms with van der Waals surface area (Å²) in [5, 5.41) is 6.00. The number of hydrogen-bond donors (Lipinski definition) is 1. The number of nitrogens with two attached hydrogens (primary N) is 1. The number of benzene rings is 1. The topological polar surface area (TPSA) is 43.8 Å². The van der Waals surface area contributed by atoms with Gasteiger partial charge < -0.3 is 5.73 Å². The summed E-state index contributed by atoms with van der Waals surface area (Å²) in [6.07, 6.45) is 2.10. The maximum absolute atomic E-state index is 5.78. The predicted octanol–water partition coefficient (Wildman–Crippen LogP) is 3.82. The molecule has 0 aliphatic heterocycles. The van der Waals surface area contributed by atoms with Crippen LogP contribution in [0.3, 0.4) is 0 Å². The van der Waals surface area contributed by atoms with Crippen LogP contribution in [-0.4, -0.2) is 22.1 Å². The first-order valence-electron chi connectivity index (χ1n) is 7.64. The van der Waals surface area contributed by atoms with Gasteiger partial charge in [0.25, 0.3) is 0 Å². The maximum atomic E-state index is 5.78. The Hall–Kier alpha value is -1.26. The average molecular weight is 303 g/mol. The van der Waals surface area contributed by atoms with Crippen LogP contribution in [-0.2, 0) is 6.42 Å². The molecule has 21 heavy (non-hydrogen) atoms. The zero-order valence-electron chi connectivity index (χ0n) is 13.2. The van der Waals surface area contributed by atoms with E-state index in [-0.39, 0.29) is 0 Å². The van der Waals surface area contributed by atoms with Crippen LogP contribution in [0.5, 0.6) is 0 Å². The molecule has 114 valence electrons. The third kappa shape index (κ3) is 3.89. The minimum absolute atomic E-state index is 0.665. The highest BCUT2D eigenvalue weighted by Crippen LogP contribution is 2.30. The first kappa shape index (κ1) is 16.1. The van der Waals surface area contributed by atoms with Crippen LogP contribution >= 0.6 is 11.8 Å². The second kappa shape index (κ2) is 7.66. The number of para-hydroxylation sites is 1. The van der Waals surface area contributed by atoms with Gasteiger partial charge in [-0.2, -0.15) is 5.10 Å². The molecule has 2 N–H and O–H groups in total. The van der Waals surface area contributed by atoms with Gasteiger partial charge in [-0.1, -0.05) is 38.5 Å². The zero-order valence-corrected chi connectivity index (χ0v) is 14.0. The van der Waals surface area contributed by atoms with Crippen LogP contribution in [0, 0.1) is 12.8 Å². The van der Waals surface area contributed by atoms with Gasteiger partial charge in [-0.3, -0.25) is 0 Å². The Bertz CT molecular complexity index is 563. The van der Waals surface area contributed by atoms with E-state index < -0.39 is 0 Å². The standard InChI is InChI=1S/C17H25N3S/c1-4-13(2)12-21-17-16(10-11-18)14(3)19-20(17)15-8-6-5-7-9-15/h5-9,13H,4,10-12,18H2,1-3H3. The van der Waals surface area contributed by atoms with E-state index in [4.69, 9.17) is 10.8 Å². The fraction of sp³-hybridized carbons (Fsp3) is 0.471. The number of aryl methyl sites for hydroxylation is 1. The quantitative estimate of drug-likeness (QED) is 0.791. The molecule has 0 amide bonds. The van der Waals surface area contributed by atoms with Gasteiger partial charge in [-0.25, -0.2) is 4.68 Å². The summed E-state index contributed by atoms with van der Waals surface area (Å²) in [4.78, 5) is 0. The summed E-state index contributed by atoms with van der Waals surface area (Å²) in [6, 6.07) is 10.3. The minimum Gasteiger partial charge on any atom is -0.330 e. The lowest BCUT2D eigenvalue weighted by Crippen LogP contribution is -2.06. The molecule has 3 nitrogen and oxygen atoms in total. The van der Waals surface area contributed by atoms with Crippen molar-refractivity contribution in [2.75, 3.05) is 12.3 Å². The van der Waals surface area contributed by atoms with Gasteiger partial charge in [0, 0.05) is 11.3 Å². The van der Waals surface area contributed by atoms with Crippen molar-refractivity contribution in [2.24, 2.45) is 11.7 Å². The van der Waals surface area contributed by atoms with Crippen molar-refractivity contribution in [3.8, 4) is 5.69 Å². The third-order valence-electron chi connectivity index (χ3n) is 3.73. The number of nitrogens with zero attached hydrogens (tertiary/aromatic N) is 2. The molecule has 0 aliphatic carbocycles. The van der Waals surface area contributed by atoms with Crippen molar-refractivity contribution in [3.63, 3.8) is 0 Å². The molecule has 4 heteroatoms. The SMILES string of the molecule is CCC(C)CSc1c(CCN)c(C)nn1-c1ccccc1. The van der Waals surface area contributed by atoms with Gasteiger partial charge in [0.2, 0.25) is 0 Å². The molecule has 0 aliphatic rings. The molecular weight excluding hydrogens is 278 g/mol. The monoisotopic (exact) mass is 303 g/mol. The fourth-order valence-corrected chi connectivity index (χ4v) is 3.57. The second-order valence-corrected chi connectivity index (χ2v) is 6.49. The molecule has 0 fully saturated rings. The lowest BCUT2D eigenvalue weighted by Gasteiger charge is -2.12. The van der Waals surface area contributed by atoms with Crippen molar-refractivity contribution in [1.82, 2.24) is 9.78 Å². The molecule has 0 saturated carbocycles. The highest BCUT2D eigenvalue weighted by atomic mass is 32.2. The molecule has 1 aromatic heterocycles. The van der Waals surface area contributed by atoms with Gasteiger partial charge in [0.1, 0.15) is 5.03 Å². The summed E-state index contributed by atoms with van der Waals surface area (Å²) in [6.45, 7) is 7.29. The lowest BCUT2D eigenvalue weighted by atomic mass is 10.2. The van der Waals surface area contributed by atoms with Crippen molar-refractivity contribution in [3.05, 3.63) is 41.6 Å². The van der Waals surface area contributed by atoms with E-state index in [1.54, 1.807) is 0 Å². The average Bonchev–Trinajstić information content (AvgIpc) is 2.83. The molecule has 1 unspecified atom stereocenters. The van der Waals surface area contributed by atoms with Crippen LogP contribution in [0.2, 0.25) is 0 Å². The number of thioether (sulfide) groups is 1. The van der Waals surface area contributed by atoms with Crippen LogP contribution in [0.4, 0.5) is 0 Å². The van der Waals surface area contributed by atoms with Crippen LogP contribution in [0.25, 0.3) is 5.69 Å². The van der Waals surface area contributed by atoms with Gasteiger partial charge in [-0.05, 0) is 37.9 Å². The summed E-state index contributed by atoms with van der Waals surface area (Å²) in [5.74, 6) is 1.83. The zero-order chi connectivity index (χ0) is 15.2. The molecule has 0 bridgehead atoms. The van der Waals surface area contributed by atoms with Crippen molar-refractivity contribution in [1.29, 1.82) is 0 Å². The highest BCUT2D eigenvalue weighted by molar-refractivity contribution is 7.99. The van der Waals surface area contributed by atoms with Gasteiger partial charge in [0.05, 0.1) is 11.4 Å². The van der Waals surface area contributed by atoms with Crippen molar-refractivity contribution < 1.29 is 0 Å². The summed E-state index contributed by atoms with van der Waals surface area (Å²) >= 11 is 1.91. The molecule has 0 spiro atoms.